The Balaban J connectivity index is 2.31. The summed E-state index contributed by atoms with van der Waals surface area (Å²) < 4.78 is 0. The van der Waals surface area contributed by atoms with Crippen LogP contribution in [0.1, 0.15) is 11.1 Å². The van der Waals surface area contributed by atoms with Gasteiger partial charge in [0.1, 0.15) is 0 Å². The molecule has 0 aromatic heterocycles. The Bertz CT molecular complexity index is 610. The lowest BCUT2D eigenvalue weighted by Crippen LogP contribution is -1.93. The summed E-state index contributed by atoms with van der Waals surface area (Å²) in [5.41, 5.74) is 3.37. The molecule has 1 N–H and O–H groups in total. The van der Waals surface area contributed by atoms with Gasteiger partial charge in [0.05, 0.1) is 11.6 Å². The fourth-order valence-corrected chi connectivity index (χ4v) is 2.18. The molecule has 0 amide bonds. The molecule has 0 fully saturated rings. The lowest BCUT2D eigenvalue weighted by molar-refractivity contribution is 1.40. The van der Waals surface area contributed by atoms with Crippen LogP contribution in [-0.2, 0) is 0 Å². The van der Waals surface area contributed by atoms with Crippen molar-refractivity contribution in [3.63, 3.8) is 0 Å². The lowest BCUT2D eigenvalue weighted by Gasteiger charge is -2.10. The van der Waals surface area contributed by atoms with E-state index in [9.17, 15) is 0 Å². The maximum absolute atomic E-state index is 8.81. The molecule has 2 nitrogen and oxygen atoms in total. The van der Waals surface area contributed by atoms with E-state index in [2.05, 4.69) is 11.4 Å². The van der Waals surface area contributed by atoms with E-state index in [1.807, 2.05) is 19.1 Å². The third-order valence-electron chi connectivity index (χ3n) is 2.50. The predicted octanol–water partition coefficient (Wildman–Crippen LogP) is 4.92. The zero-order chi connectivity index (χ0) is 13.1. The van der Waals surface area contributed by atoms with Crippen LogP contribution in [0, 0.1) is 18.3 Å². The Morgan fingerprint density at radius 3 is 2.28 bits per heavy atom. The van der Waals surface area contributed by atoms with E-state index < -0.39 is 0 Å². The molecule has 0 aliphatic heterocycles. The number of anilines is 2. The monoisotopic (exact) mass is 276 g/mol. The van der Waals surface area contributed by atoms with Crippen molar-refractivity contribution in [2.75, 3.05) is 5.32 Å². The molecular formula is C14H10Cl2N2. The van der Waals surface area contributed by atoms with Gasteiger partial charge in [-0.25, -0.2) is 0 Å². The van der Waals surface area contributed by atoms with Crippen LogP contribution < -0.4 is 5.32 Å². The Labute approximate surface area is 116 Å². The molecule has 0 heterocycles. The van der Waals surface area contributed by atoms with Crippen LogP contribution in [0.2, 0.25) is 10.0 Å². The molecule has 0 radical (unpaired) electrons. The van der Waals surface area contributed by atoms with Crippen molar-refractivity contribution < 1.29 is 0 Å². The highest BCUT2D eigenvalue weighted by Gasteiger charge is 2.02. The van der Waals surface area contributed by atoms with Gasteiger partial charge in [-0.15, -0.1) is 0 Å². The molecule has 0 bridgehead atoms. The number of nitrogens with zero attached hydrogens (tertiary/aromatic N) is 1. The van der Waals surface area contributed by atoms with Crippen molar-refractivity contribution in [2.24, 2.45) is 0 Å². The molecule has 0 saturated heterocycles. The molecule has 0 aliphatic rings. The quantitative estimate of drug-likeness (QED) is 0.845. The fourth-order valence-electron chi connectivity index (χ4n) is 1.65. The van der Waals surface area contributed by atoms with Gasteiger partial charge in [0.25, 0.3) is 0 Å². The molecule has 2 aromatic rings. The van der Waals surface area contributed by atoms with Crippen molar-refractivity contribution in [1.29, 1.82) is 5.26 Å². The Morgan fingerprint density at radius 1 is 1.06 bits per heavy atom. The average Bonchev–Trinajstić information content (AvgIpc) is 2.30. The fraction of sp³-hybridized carbons (Fsp3) is 0.0714. The maximum atomic E-state index is 8.81. The van der Waals surface area contributed by atoms with Gasteiger partial charge < -0.3 is 5.32 Å². The normalized spacial score (nSPS) is 9.89. The van der Waals surface area contributed by atoms with E-state index in [1.165, 1.54) is 0 Å². The topological polar surface area (TPSA) is 35.8 Å². The molecule has 18 heavy (non-hydrogen) atoms. The van der Waals surface area contributed by atoms with E-state index >= 15 is 0 Å². The van der Waals surface area contributed by atoms with Crippen molar-refractivity contribution in [1.82, 2.24) is 0 Å². The minimum Gasteiger partial charge on any atom is -0.355 e. The van der Waals surface area contributed by atoms with Gasteiger partial charge in [-0.1, -0.05) is 23.2 Å². The first-order chi connectivity index (χ1) is 8.58. The summed E-state index contributed by atoms with van der Waals surface area (Å²) >= 11 is 11.9. The predicted molar refractivity (Wildman–Crippen MR) is 75.6 cm³/mol. The maximum Gasteiger partial charge on any atom is 0.0991 e. The summed E-state index contributed by atoms with van der Waals surface area (Å²) in [6.07, 6.45) is 0. The second-order valence-corrected chi connectivity index (χ2v) is 4.80. The number of nitriles is 1. The number of hydrogen-bond acceptors (Lipinski definition) is 2. The van der Waals surface area contributed by atoms with Crippen LogP contribution in [0.5, 0.6) is 0 Å². The molecule has 0 aliphatic carbocycles. The van der Waals surface area contributed by atoms with Gasteiger partial charge in [0, 0.05) is 21.4 Å². The van der Waals surface area contributed by atoms with Crippen LogP contribution in [0.3, 0.4) is 0 Å². The summed E-state index contributed by atoms with van der Waals surface area (Å²) in [5, 5.41) is 13.2. The number of rotatable bonds is 2. The van der Waals surface area contributed by atoms with Crippen LogP contribution in [-0.4, -0.2) is 0 Å². The van der Waals surface area contributed by atoms with Crippen LogP contribution in [0.4, 0.5) is 11.4 Å². The standard InChI is InChI=1S/C14H10Cl2N2/c1-9-4-10(8-17)2-3-14(9)18-13-6-11(15)5-12(16)7-13/h2-7,18H,1H3. The van der Waals surface area contributed by atoms with E-state index in [4.69, 9.17) is 28.5 Å². The van der Waals surface area contributed by atoms with Crippen molar-refractivity contribution >= 4 is 34.6 Å². The highest BCUT2D eigenvalue weighted by atomic mass is 35.5. The highest BCUT2D eigenvalue weighted by molar-refractivity contribution is 6.35. The molecular weight excluding hydrogens is 267 g/mol. The summed E-state index contributed by atoms with van der Waals surface area (Å²) in [6.45, 7) is 1.94. The third-order valence-corrected chi connectivity index (χ3v) is 2.93. The van der Waals surface area contributed by atoms with Crippen LogP contribution >= 0.6 is 23.2 Å². The molecule has 2 rings (SSSR count). The molecule has 0 unspecified atom stereocenters. The number of nitrogens with one attached hydrogen (secondary N) is 1. The zero-order valence-corrected chi connectivity index (χ0v) is 11.2. The van der Waals surface area contributed by atoms with Crippen molar-refractivity contribution in [2.45, 2.75) is 6.92 Å². The number of hydrogen-bond donors (Lipinski definition) is 1. The van der Waals surface area contributed by atoms with Gasteiger partial charge in [0.2, 0.25) is 0 Å². The van der Waals surface area contributed by atoms with E-state index in [0.29, 0.717) is 15.6 Å². The largest absolute Gasteiger partial charge is 0.355 e. The smallest absolute Gasteiger partial charge is 0.0991 e. The minimum atomic E-state index is 0.580. The minimum absolute atomic E-state index is 0.580. The van der Waals surface area contributed by atoms with E-state index in [-0.39, 0.29) is 0 Å². The molecule has 2 aromatic carbocycles. The summed E-state index contributed by atoms with van der Waals surface area (Å²) in [5.74, 6) is 0. The molecule has 0 spiro atoms. The Morgan fingerprint density at radius 2 is 1.72 bits per heavy atom. The summed E-state index contributed by atoms with van der Waals surface area (Å²) in [7, 11) is 0. The third kappa shape index (κ3) is 2.95. The van der Waals surface area contributed by atoms with Gasteiger partial charge in [0.15, 0.2) is 0 Å². The first-order valence-corrected chi connectivity index (χ1v) is 6.08. The summed E-state index contributed by atoms with van der Waals surface area (Å²) in [6, 6.07) is 12.8. The molecule has 4 heteroatoms. The Hall–Kier alpha value is -1.69. The van der Waals surface area contributed by atoms with E-state index in [1.54, 1.807) is 24.3 Å². The second-order valence-electron chi connectivity index (χ2n) is 3.92. The van der Waals surface area contributed by atoms with Gasteiger partial charge in [-0.2, -0.15) is 5.26 Å². The lowest BCUT2D eigenvalue weighted by atomic mass is 10.1. The summed E-state index contributed by atoms with van der Waals surface area (Å²) in [4.78, 5) is 0. The zero-order valence-electron chi connectivity index (χ0n) is 9.67. The average molecular weight is 277 g/mol. The number of benzene rings is 2. The van der Waals surface area contributed by atoms with Gasteiger partial charge >= 0.3 is 0 Å². The first kappa shape index (κ1) is 12.8. The molecule has 0 saturated carbocycles. The van der Waals surface area contributed by atoms with Crippen LogP contribution in [0.15, 0.2) is 36.4 Å². The van der Waals surface area contributed by atoms with Crippen molar-refractivity contribution in [3.05, 3.63) is 57.6 Å². The second kappa shape index (κ2) is 5.30. The van der Waals surface area contributed by atoms with Gasteiger partial charge in [-0.05, 0) is 48.9 Å². The molecule has 90 valence electrons. The highest BCUT2D eigenvalue weighted by Crippen LogP contribution is 2.27. The van der Waals surface area contributed by atoms with Gasteiger partial charge in [-0.3, -0.25) is 0 Å². The Kier molecular flexibility index (Phi) is 3.76. The van der Waals surface area contributed by atoms with E-state index in [0.717, 1.165) is 16.9 Å². The number of aryl methyl sites for hydroxylation is 1. The van der Waals surface area contributed by atoms with Crippen LogP contribution in [0.25, 0.3) is 0 Å². The number of halogens is 2. The van der Waals surface area contributed by atoms with Crippen molar-refractivity contribution in [3.8, 4) is 6.07 Å². The SMILES string of the molecule is Cc1cc(C#N)ccc1Nc1cc(Cl)cc(Cl)c1. The molecule has 0 atom stereocenters. The first-order valence-electron chi connectivity index (χ1n) is 5.32.